The van der Waals surface area contributed by atoms with Gasteiger partial charge in [0, 0.05) is 11.8 Å². The van der Waals surface area contributed by atoms with Crippen molar-refractivity contribution in [3.63, 3.8) is 0 Å². The van der Waals surface area contributed by atoms with Crippen LogP contribution >= 0.6 is 11.8 Å². The van der Waals surface area contributed by atoms with Crippen LogP contribution in [0.5, 0.6) is 0 Å². The van der Waals surface area contributed by atoms with E-state index in [2.05, 4.69) is 11.0 Å². The molecule has 0 bridgehead atoms. The van der Waals surface area contributed by atoms with E-state index in [0.29, 0.717) is 17.1 Å². The predicted octanol–water partition coefficient (Wildman–Crippen LogP) is 4.85. The molecule has 1 aromatic rings. The second-order valence-electron chi connectivity index (χ2n) is 7.08. The summed E-state index contributed by atoms with van der Waals surface area (Å²) in [6, 6.07) is 10.5. The van der Waals surface area contributed by atoms with Gasteiger partial charge in [-0.15, -0.1) is 0 Å². The molecule has 4 rings (SSSR count). The lowest BCUT2D eigenvalue weighted by molar-refractivity contribution is 0.163. The van der Waals surface area contributed by atoms with Crippen LogP contribution in [0, 0.1) is 11.3 Å². The minimum Gasteiger partial charge on any atom is -0.342 e. The molecular formula is C19H23N3S. The second-order valence-corrected chi connectivity index (χ2v) is 8.02. The van der Waals surface area contributed by atoms with Gasteiger partial charge in [-0.05, 0) is 49.9 Å². The zero-order valence-electron chi connectivity index (χ0n) is 13.5. The molecule has 23 heavy (non-hydrogen) atoms. The van der Waals surface area contributed by atoms with Crippen molar-refractivity contribution in [2.24, 2.45) is 4.99 Å². The quantitative estimate of drug-likeness (QED) is 0.780. The molecule has 1 spiro atoms. The van der Waals surface area contributed by atoms with Crippen molar-refractivity contribution in [2.75, 3.05) is 5.75 Å². The van der Waals surface area contributed by atoms with Crippen molar-refractivity contribution >= 4 is 22.6 Å². The van der Waals surface area contributed by atoms with Crippen LogP contribution in [0.4, 0.5) is 5.69 Å². The molecule has 0 aromatic heterocycles. The minimum absolute atomic E-state index is 0.380. The van der Waals surface area contributed by atoms with Gasteiger partial charge in [-0.1, -0.05) is 37.4 Å². The Hall–Kier alpha value is -1.47. The van der Waals surface area contributed by atoms with E-state index in [-0.39, 0.29) is 0 Å². The van der Waals surface area contributed by atoms with Crippen LogP contribution in [-0.2, 0) is 0 Å². The van der Waals surface area contributed by atoms with E-state index < -0.39 is 0 Å². The van der Waals surface area contributed by atoms with Crippen molar-refractivity contribution in [1.82, 2.24) is 4.90 Å². The number of thioether (sulfide) groups is 1. The predicted molar refractivity (Wildman–Crippen MR) is 96.0 cm³/mol. The smallest absolute Gasteiger partial charge is 0.165 e. The average Bonchev–Trinajstić information content (AvgIpc) is 3.32. The highest BCUT2D eigenvalue weighted by Gasteiger charge is 2.49. The molecule has 0 N–H and O–H groups in total. The van der Waals surface area contributed by atoms with Gasteiger partial charge in [0.15, 0.2) is 5.17 Å². The number of amidine groups is 1. The van der Waals surface area contributed by atoms with E-state index in [0.717, 1.165) is 5.69 Å². The van der Waals surface area contributed by atoms with Gasteiger partial charge >= 0.3 is 0 Å². The number of rotatable bonds is 2. The lowest BCUT2D eigenvalue weighted by Crippen LogP contribution is -2.50. The van der Waals surface area contributed by atoms with Gasteiger partial charge in [0.05, 0.1) is 22.9 Å². The van der Waals surface area contributed by atoms with Crippen molar-refractivity contribution < 1.29 is 0 Å². The highest BCUT2D eigenvalue weighted by Crippen LogP contribution is 2.48. The fraction of sp³-hybridized carbons (Fsp3) is 0.579. The fourth-order valence-corrected chi connectivity index (χ4v) is 5.95. The summed E-state index contributed by atoms with van der Waals surface area (Å²) in [6.07, 6.45) is 10.8. The summed E-state index contributed by atoms with van der Waals surface area (Å²) < 4.78 is 0. The van der Waals surface area contributed by atoms with Gasteiger partial charge in [-0.3, -0.25) is 0 Å². The number of aliphatic imine (C=N–C) groups is 1. The summed E-state index contributed by atoms with van der Waals surface area (Å²) in [5.41, 5.74) is 2.06. The lowest BCUT2D eigenvalue weighted by Gasteiger charge is -2.40. The summed E-state index contributed by atoms with van der Waals surface area (Å²) >= 11 is 1.95. The summed E-state index contributed by atoms with van der Waals surface area (Å²) in [6.45, 7) is 0. The number of benzene rings is 1. The molecule has 0 amide bonds. The van der Waals surface area contributed by atoms with E-state index >= 15 is 0 Å². The van der Waals surface area contributed by atoms with E-state index in [1.165, 1.54) is 62.3 Å². The Balaban J connectivity index is 1.65. The van der Waals surface area contributed by atoms with Crippen LogP contribution in [0.2, 0.25) is 0 Å². The molecule has 0 unspecified atom stereocenters. The van der Waals surface area contributed by atoms with Gasteiger partial charge < -0.3 is 4.90 Å². The zero-order chi connectivity index (χ0) is 15.7. The standard InChI is InChI=1S/C19H23N3S/c20-13-15-7-9-16(10-8-15)21-18-22(17-5-1-2-6-17)19(14-23-18)11-3-4-12-19/h7-10,17H,1-6,11-12,14H2. The maximum atomic E-state index is 8.94. The first kappa shape index (κ1) is 15.1. The van der Waals surface area contributed by atoms with Gasteiger partial charge in [-0.25, -0.2) is 4.99 Å². The lowest BCUT2D eigenvalue weighted by atomic mass is 9.95. The third-order valence-corrected chi connectivity index (χ3v) is 6.86. The maximum absolute atomic E-state index is 8.94. The SMILES string of the molecule is N#Cc1ccc(N=C2SCC3(CCCC3)N2C2CCCC2)cc1. The van der Waals surface area contributed by atoms with E-state index in [1.54, 1.807) is 0 Å². The molecule has 0 atom stereocenters. The summed E-state index contributed by atoms with van der Waals surface area (Å²) in [7, 11) is 0. The average molecular weight is 325 g/mol. The minimum atomic E-state index is 0.380. The molecule has 4 heteroatoms. The number of hydrogen-bond acceptors (Lipinski definition) is 3. The van der Waals surface area contributed by atoms with Crippen LogP contribution in [0.15, 0.2) is 29.3 Å². The van der Waals surface area contributed by atoms with Crippen molar-refractivity contribution in [3.05, 3.63) is 29.8 Å². The highest BCUT2D eigenvalue weighted by molar-refractivity contribution is 8.14. The van der Waals surface area contributed by atoms with Crippen LogP contribution in [0.1, 0.15) is 56.9 Å². The van der Waals surface area contributed by atoms with Gasteiger partial charge in [-0.2, -0.15) is 5.26 Å². The molecule has 3 fully saturated rings. The molecule has 1 saturated heterocycles. The Kier molecular flexibility index (Phi) is 4.07. The van der Waals surface area contributed by atoms with Crippen molar-refractivity contribution in [3.8, 4) is 6.07 Å². The topological polar surface area (TPSA) is 39.4 Å². The molecule has 2 aliphatic carbocycles. The van der Waals surface area contributed by atoms with Gasteiger partial charge in [0.1, 0.15) is 0 Å². The summed E-state index contributed by atoms with van der Waals surface area (Å²) in [5, 5.41) is 10.2. The van der Waals surface area contributed by atoms with Crippen LogP contribution in [-0.4, -0.2) is 27.4 Å². The van der Waals surface area contributed by atoms with Gasteiger partial charge in [0.25, 0.3) is 0 Å². The largest absolute Gasteiger partial charge is 0.342 e. The van der Waals surface area contributed by atoms with Crippen LogP contribution < -0.4 is 0 Å². The van der Waals surface area contributed by atoms with Gasteiger partial charge in [0.2, 0.25) is 0 Å². The highest BCUT2D eigenvalue weighted by atomic mass is 32.2. The molecule has 3 aliphatic rings. The van der Waals surface area contributed by atoms with E-state index in [9.17, 15) is 0 Å². The third-order valence-electron chi connectivity index (χ3n) is 5.63. The van der Waals surface area contributed by atoms with E-state index in [4.69, 9.17) is 10.3 Å². The molecule has 2 saturated carbocycles. The summed E-state index contributed by atoms with van der Waals surface area (Å²) in [4.78, 5) is 7.69. The van der Waals surface area contributed by atoms with Crippen molar-refractivity contribution in [1.29, 1.82) is 5.26 Å². The Morgan fingerprint density at radius 1 is 1.09 bits per heavy atom. The maximum Gasteiger partial charge on any atom is 0.165 e. The Morgan fingerprint density at radius 2 is 1.78 bits per heavy atom. The Morgan fingerprint density at radius 3 is 2.43 bits per heavy atom. The zero-order valence-corrected chi connectivity index (χ0v) is 14.3. The fourth-order valence-electron chi connectivity index (χ4n) is 4.47. The molecule has 0 radical (unpaired) electrons. The second kappa shape index (κ2) is 6.20. The molecule has 3 nitrogen and oxygen atoms in total. The monoisotopic (exact) mass is 325 g/mol. The molecule has 120 valence electrons. The molecule has 1 aliphatic heterocycles. The molecule has 1 heterocycles. The van der Waals surface area contributed by atoms with Crippen LogP contribution in [0.25, 0.3) is 0 Å². The Labute approximate surface area is 142 Å². The first-order chi connectivity index (χ1) is 11.3. The molecule has 1 aromatic carbocycles. The van der Waals surface area contributed by atoms with Crippen molar-refractivity contribution in [2.45, 2.75) is 62.9 Å². The number of nitrogens with zero attached hydrogens (tertiary/aromatic N) is 3. The summed E-state index contributed by atoms with van der Waals surface area (Å²) in [5.74, 6) is 1.21. The first-order valence-corrected chi connectivity index (χ1v) is 9.80. The normalized spacial score (nSPS) is 25.5. The number of hydrogen-bond donors (Lipinski definition) is 0. The molecular weight excluding hydrogens is 302 g/mol. The Bertz CT molecular complexity index is 632. The van der Waals surface area contributed by atoms with E-state index in [1.807, 2.05) is 36.0 Å². The first-order valence-electron chi connectivity index (χ1n) is 8.82. The van der Waals surface area contributed by atoms with Crippen LogP contribution in [0.3, 0.4) is 0 Å². The third kappa shape index (κ3) is 2.76. The number of nitriles is 1.